The zero-order chi connectivity index (χ0) is 36.3. The van der Waals surface area contributed by atoms with E-state index in [4.69, 9.17) is 0 Å². The molecular weight excluding hydrogens is 663 g/mol. The van der Waals surface area contributed by atoms with Crippen LogP contribution in [-0.4, -0.2) is 0 Å². The Balaban J connectivity index is 1.09. The fraction of sp³-hybridized carbons (Fsp3) is 0.148. The first-order valence-electron chi connectivity index (χ1n) is 20.3. The number of fused-ring (bicyclic) bond motifs is 2. The Bertz CT molecular complexity index is 2780. The summed E-state index contributed by atoms with van der Waals surface area (Å²) in [5, 5.41) is 7.83. The second-order valence-corrected chi connectivity index (χ2v) is 15.7. The third-order valence-corrected chi connectivity index (χ3v) is 12.6. The van der Waals surface area contributed by atoms with Crippen molar-refractivity contribution in [2.75, 3.05) is 4.90 Å². The van der Waals surface area contributed by atoms with Crippen LogP contribution in [0.15, 0.2) is 164 Å². The van der Waals surface area contributed by atoms with Crippen molar-refractivity contribution >= 4 is 49.4 Å². The van der Waals surface area contributed by atoms with Gasteiger partial charge in [0.2, 0.25) is 0 Å². The van der Waals surface area contributed by atoms with E-state index >= 15 is 0 Å². The molecule has 0 amide bonds. The van der Waals surface area contributed by atoms with Gasteiger partial charge in [0.1, 0.15) is 0 Å². The molecule has 0 heterocycles. The molecule has 0 atom stereocenters. The highest BCUT2D eigenvalue weighted by molar-refractivity contribution is 6.25. The molecule has 0 fully saturated rings. The Hall–Kier alpha value is -6.18. The minimum absolute atomic E-state index is 1.16. The summed E-state index contributed by atoms with van der Waals surface area (Å²) in [5.74, 6) is 0. The molecule has 0 saturated heterocycles. The number of hydrogen-bond acceptors (Lipinski definition) is 1. The van der Waals surface area contributed by atoms with E-state index in [0.29, 0.717) is 0 Å². The van der Waals surface area contributed by atoms with Gasteiger partial charge < -0.3 is 4.90 Å². The van der Waals surface area contributed by atoms with Gasteiger partial charge in [-0.1, -0.05) is 133 Å². The lowest BCUT2D eigenvalue weighted by molar-refractivity contribution is 0.662. The molecule has 11 rings (SSSR count). The lowest BCUT2D eigenvalue weighted by Crippen LogP contribution is -2.15. The van der Waals surface area contributed by atoms with Crippen molar-refractivity contribution in [1.29, 1.82) is 0 Å². The van der Waals surface area contributed by atoms with Gasteiger partial charge in [-0.3, -0.25) is 0 Å². The minimum atomic E-state index is 1.16. The van der Waals surface area contributed by atoms with Gasteiger partial charge in [0.25, 0.3) is 0 Å². The second kappa shape index (κ2) is 13.3. The van der Waals surface area contributed by atoms with Gasteiger partial charge in [0.05, 0.1) is 5.69 Å². The zero-order valence-electron chi connectivity index (χ0n) is 31.2. The molecule has 9 aromatic carbocycles. The van der Waals surface area contributed by atoms with Crippen molar-refractivity contribution in [2.45, 2.75) is 51.4 Å². The second-order valence-electron chi connectivity index (χ2n) is 15.7. The largest absolute Gasteiger partial charge is 0.310 e. The van der Waals surface area contributed by atoms with Gasteiger partial charge in [-0.15, -0.1) is 0 Å². The Morgan fingerprint density at radius 3 is 1.27 bits per heavy atom. The summed E-state index contributed by atoms with van der Waals surface area (Å²) in [5.41, 5.74) is 18.3. The molecule has 0 aromatic heterocycles. The van der Waals surface area contributed by atoms with Gasteiger partial charge in [-0.05, 0) is 164 Å². The summed E-state index contributed by atoms with van der Waals surface area (Å²) >= 11 is 0. The van der Waals surface area contributed by atoms with Crippen LogP contribution in [0.5, 0.6) is 0 Å². The summed E-state index contributed by atoms with van der Waals surface area (Å²) in [4.78, 5) is 2.48. The van der Waals surface area contributed by atoms with Crippen molar-refractivity contribution in [3.05, 3.63) is 186 Å². The van der Waals surface area contributed by atoms with Gasteiger partial charge in [-0.25, -0.2) is 0 Å². The molecule has 2 aliphatic rings. The first-order valence-corrected chi connectivity index (χ1v) is 20.3. The van der Waals surface area contributed by atoms with Crippen molar-refractivity contribution in [3.8, 4) is 33.4 Å². The molecule has 55 heavy (non-hydrogen) atoms. The maximum absolute atomic E-state index is 2.48. The topological polar surface area (TPSA) is 3.24 Å². The Labute approximate surface area is 323 Å². The molecule has 0 aliphatic heterocycles. The van der Waals surface area contributed by atoms with E-state index in [2.05, 4.69) is 169 Å². The van der Waals surface area contributed by atoms with Crippen molar-refractivity contribution in [3.63, 3.8) is 0 Å². The number of hydrogen-bond donors (Lipinski definition) is 0. The van der Waals surface area contributed by atoms with Crippen molar-refractivity contribution < 1.29 is 0 Å². The van der Waals surface area contributed by atoms with E-state index in [-0.39, 0.29) is 0 Å². The van der Waals surface area contributed by atoms with Crippen molar-refractivity contribution in [2.24, 2.45) is 0 Å². The Morgan fingerprint density at radius 2 is 0.727 bits per heavy atom. The summed E-state index contributed by atoms with van der Waals surface area (Å²) in [6.45, 7) is 0. The third kappa shape index (κ3) is 5.36. The molecule has 1 heteroatoms. The molecule has 0 unspecified atom stereocenters. The average Bonchev–Trinajstić information content (AvgIpc) is 3.26. The summed E-state index contributed by atoms with van der Waals surface area (Å²) in [6, 6.07) is 61.2. The van der Waals surface area contributed by atoms with E-state index in [1.165, 1.54) is 123 Å². The van der Waals surface area contributed by atoms with Crippen LogP contribution < -0.4 is 4.90 Å². The predicted molar refractivity (Wildman–Crippen MR) is 234 cm³/mol. The predicted octanol–water partition coefficient (Wildman–Crippen LogP) is 14.8. The van der Waals surface area contributed by atoms with E-state index in [1.807, 2.05) is 0 Å². The molecule has 0 spiro atoms. The van der Waals surface area contributed by atoms with Crippen molar-refractivity contribution in [1.82, 2.24) is 0 Å². The number of nitrogens with zero attached hydrogens (tertiary/aromatic N) is 1. The average molecular weight is 706 g/mol. The Kier molecular flexibility index (Phi) is 7.80. The Morgan fingerprint density at radius 1 is 0.309 bits per heavy atom. The molecule has 2 aliphatic carbocycles. The molecule has 0 saturated carbocycles. The van der Waals surface area contributed by atoms with Gasteiger partial charge in [-0.2, -0.15) is 0 Å². The molecule has 9 aromatic rings. The first-order chi connectivity index (χ1) is 27.3. The van der Waals surface area contributed by atoms with E-state index in [0.717, 1.165) is 5.69 Å². The molecular formula is C54H43N. The van der Waals surface area contributed by atoms with Crippen LogP contribution in [0, 0.1) is 0 Å². The number of anilines is 3. The maximum atomic E-state index is 2.48. The highest BCUT2D eigenvalue weighted by Crippen LogP contribution is 2.48. The third-order valence-electron chi connectivity index (χ3n) is 12.6. The first kappa shape index (κ1) is 32.3. The van der Waals surface area contributed by atoms with E-state index < -0.39 is 0 Å². The molecule has 0 radical (unpaired) electrons. The highest BCUT2D eigenvalue weighted by Gasteiger charge is 2.28. The quantitative estimate of drug-likeness (QED) is 0.156. The summed E-state index contributed by atoms with van der Waals surface area (Å²) in [7, 11) is 0. The summed E-state index contributed by atoms with van der Waals surface area (Å²) < 4.78 is 0. The van der Waals surface area contributed by atoms with Crippen LogP contribution in [0.2, 0.25) is 0 Å². The monoisotopic (exact) mass is 705 g/mol. The lowest BCUT2D eigenvalue weighted by Gasteiger charge is -2.32. The zero-order valence-corrected chi connectivity index (χ0v) is 31.2. The van der Waals surface area contributed by atoms with Crippen LogP contribution in [0.4, 0.5) is 17.1 Å². The fourth-order valence-electron chi connectivity index (χ4n) is 10.1. The number of benzene rings is 9. The highest BCUT2D eigenvalue weighted by atomic mass is 15.1. The van der Waals surface area contributed by atoms with Crippen LogP contribution in [0.3, 0.4) is 0 Å². The molecule has 264 valence electrons. The molecule has 0 N–H and O–H groups in total. The standard InChI is InChI=1S/C54H43N/c1-3-12-36(13-4-1)37-24-30-43(31-25-37)55(50-35-29-42-23-22-39-16-11-17-40-28-34-49(50)54(42)51(39)40)44-32-26-41(27-33-44)53-47-20-9-7-18-45(47)52(38-14-5-2-6-15-38)46-19-8-10-21-48(46)53/h1-6,11-17,22-35H,7-10,18-21H2. The van der Waals surface area contributed by atoms with E-state index in [1.54, 1.807) is 27.8 Å². The van der Waals surface area contributed by atoms with Crippen LogP contribution >= 0.6 is 0 Å². The number of rotatable bonds is 6. The smallest absolute Gasteiger partial charge is 0.0540 e. The molecule has 1 nitrogen and oxygen atoms in total. The van der Waals surface area contributed by atoms with Gasteiger partial charge >= 0.3 is 0 Å². The normalized spacial score (nSPS) is 14.0. The van der Waals surface area contributed by atoms with Gasteiger partial charge in [0, 0.05) is 16.8 Å². The maximum Gasteiger partial charge on any atom is 0.0540 e. The fourth-order valence-corrected chi connectivity index (χ4v) is 10.1. The molecule has 0 bridgehead atoms. The SMILES string of the molecule is c1ccc(-c2ccc(N(c3ccc(-c4c5c(c(-c6ccccc6)c6c4CCCC6)CCCC5)cc3)c3ccc4ccc5cccc6ccc3c4c56)cc2)cc1. The van der Waals surface area contributed by atoms with E-state index in [9.17, 15) is 0 Å². The lowest BCUT2D eigenvalue weighted by atomic mass is 9.73. The van der Waals surface area contributed by atoms with Crippen LogP contribution in [0.1, 0.15) is 47.9 Å². The van der Waals surface area contributed by atoms with Gasteiger partial charge in [0.15, 0.2) is 0 Å². The summed E-state index contributed by atoms with van der Waals surface area (Å²) in [6.07, 6.45) is 9.80. The van der Waals surface area contributed by atoms with Crippen LogP contribution in [-0.2, 0) is 25.7 Å². The minimum Gasteiger partial charge on any atom is -0.310 e. The van der Waals surface area contributed by atoms with Crippen LogP contribution in [0.25, 0.3) is 65.7 Å².